The molecule has 0 aliphatic rings. The average Bonchev–Trinajstić information content (AvgIpc) is 2.01. The lowest BCUT2D eigenvalue weighted by molar-refractivity contribution is 0.316. The Kier molecular flexibility index (Phi) is 3.43. The average molecular weight is 214 g/mol. The second-order valence-electron chi connectivity index (χ2n) is 2.22. The van der Waals surface area contributed by atoms with Crippen LogP contribution in [0.4, 0.5) is 0 Å². The van der Waals surface area contributed by atoms with E-state index in [1.165, 1.54) is 0 Å². The van der Waals surface area contributed by atoms with Crippen LogP contribution in [-0.2, 0) is 0 Å². The van der Waals surface area contributed by atoms with Crippen molar-refractivity contribution in [2.45, 2.75) is 13.3 Å². The molecule has 1 aromatic rings. The molecule has 0 spiro atoms. The van der Waals surface area contributed by atoms with E-state index in [1.54, 1.807) is 0 Å². The van der Waals surface area contributed by atoms with Gasteiger partial charge in [0.25, 0.3) is 0 Å². The summed E-state index contributed by atoms with van der Waals surface area (Å²) in [5.74, 6) is 0.807. The molecule has 0 saturated carbocycles. The Labute approximate surface area is 75.5 Å². The van der Waals surface area contributed by atoms with Crippen molar-refractivity contribution in [1.29, 1.82) is 0 Å². The molecule has 0 saturated heterocycles. The third kappa shape index (κ3) is 2.93. The van der Waals surface area contributed by atoms with Crippen molar-refractivity contribution in [2.75, 3.05) is 6.61 Å². The monoisotopic (exact) mass is 213 g/mol. The SMILES string of the molecule is CCCOc1[c]ccc(Br)c1. The first-order chi connectivity index (χ1) is 5.33. The Balaban J connectivity index is 2.56. The summed E-state index contributed by atoms with van der Waals surface area (Å²) >= 11 is 3.35. The zero-order valence-corrected chi connectivity index (χ0v) is 8.02. The highest BCUT2D eigenvalue weighted by atomic mass is 79.9. The molecular weight excluding hydrogens is 204 g/mol. The zero-order valence-electron chi connectivity index (χ0n) is 6.43. The fourth-order valence-electron chi connectivity index (χ4n) is 0.714. The van der Waals surface area contributed by atoms with Crippen LogP contribution in [0.3, 0.4) is 0 Å². The number of rotatable bonds is 3. The van der Waals surface area contributed by atoms with Gasteiger partial charge in [-0.2, -0.15) is 0 Å². The molecule has 1 aromatic carbocycles. The third-order valence-corrected chi connectivity index (χ3v) is 1.69. The predicted octanol–water partition coefficient (Wildman–Crippen LogP) is 3.04. The van der Waals surface area contributed by atoms with Gasteiger partial charge in [0.2, 0.25) is 0 Å². The fourth-order valence-corrected chi connectivity index (χ4v) is 1.05. The Morgan fingerprint density at radius 1 is 1.64 bits per heavy atom. The van der Waals surface area contributed by atoms with Crippen molar-refractivity contribution in [3.8, 4) is 5.75 Å². The summed E-state index contributed by atoms with van der Waals surface area (Å²) in [6, 6.07) is 8.68. The van der Waals surface area contributed by atoms with Crippen LogP contribution in [0.25, 0.3) is 0 Å². The molecule has 0 aliphatic carbocycles. The van der Waals surface area contributed by atoms with Crippen LogP contribution in [0.15, 0.2) is 22.7 Å². The van der Waals surface area contributed by atoms with Gasteiger partial charge in [-0.1, -0.05) is 22.9 Å². The van der Waals surface area contributed by atoms with Crippen molar-refractivity contribution >= 4 is 15.9 Å². The van der Waals surface area contributed by atoms with Crippen LogP contribution in [0.5, 0.6) is 5.75 Å². The molecule has 0 aromatic heterocycles. The summed E-state index contributed by atoms with van der Waals surface area (Å²) in [7, 11) is 0. The van der Waals surface area contributed by atoms with E-state index >= 15 is 0 Å². The lowest BCUT2D eigenvalue weighted by Crippen LogP contribution is -1.94. The minimum atomic E-state index is 0.757. The van der Waals surface area contributed by atoms with E-state index in [9.17, 15) is 0 Å². The highest BCUT2D eigenvalue weighted by Crippen LogP contribution is 2.16. The van der Waals surface area contributed by atoms with Gasteiger partial charge in [0.15, 0.2) is 0 Å². The maximum Gasteiger partial charge on any atom is 0.128 e. The molecule has 0 N–H and O–H groups in total. The normalized spacial score (nSPS) is 9.64. The molecule has 0 heterocycles. The number of benzene rings is 1. The standard InChI is InChI=1S/C9H10BrO/c1-2-6-11-9-5-3-4-8(10)7-9/h3-4,7H,2,6H2,1H3. The second kappa shape index (κ2) is 4.39. The molecule has 1 nitrogen and oxygen atoms in total. The lowest BCUT2D eigenvalue weighted by Gasteiger charge is -2.02. The Morgan fingerprint density at radius 2 is 2.45 bits per heavy atom. The first-order valence-corrected chi connectivity index (χ1v) is 4.42. The van der Waals surface area contributed by atoms with Crippen LogP contribution in [0, 0.1) is 6.07 Å². The van der Waals surface area contributed by atoms with Crippen LogP contribution >= 0.6 is 15.9 Å². The van der Waals surface area contributed by atoms with Gasteiger partial charge in [-0.15, -0.1) is 0 Å². The molecule has 59 valence electrons. The van der Waals surface area contributed by atoms with E-state index < -0.39 is 0 Å². The highest BCUT2D eigenvalue weighted by Gasteiger charge is 1.92. The number of halogens is 1. The maximum atomic E-state index is 5.35. The summed E-state index contributed by atoms with van der Waals surface area (Å²) in [4.78, 5) is 0. The molecule has 11 heavy (non-hydrogen) atoms. The Hall–Kier alpha value is -0.500. The highest BCUT2D eigenvalue weighted by molar-refractivity contribution is 9.10. The van der Waals surface area contributed by atoms with Crippen LogP contribution in [0.1, 0.15) is 13.3 Å². The second-order valence-corrected chi connectivity index (χ2v) is 3.14. The molecule has 0 bridgehead atoms. The molecule has 1 rings (SSSR count). The summed E-state index contributed by atoms with van der Waals surface area (Å²) in [6.45, 7) is 2.84. The molecule has 0 atom stereocenters. The van der Waals surface area contributed by atoms with Gasteiger partial charge >= 0.3 is 0 Å². The summed E-state index contributed by atoms with van der Waals surface area (Å²) in [5.41, 5.74) is 0. The Bertz CT molecular complexity index is 223. The van der Waals surface area contributed by atoms with Gasteiger partial charge in [0.1, 0.15) is 5.75 Å². The topological polar surface area (TPSA) is 9.23 Å². The minimum Gasteiger partial charge on any atom is -0.493 e. The molecule has 0 aliphatic heterocycles. The zero-order chi connectivity index (χ0) is 8.10. The molecular formula is C9H10BrO. The molecule has 1 radical (unpaired) electrons. The maximum absolute atomic E-state index is 5.35. The number of hydrogen-bond acceptors (Lipinski definition) is 1. The smallest absolute Gasteiger partial charge is 0.128 e. The van der Waals surface area contributed by atoms with E-state index in [-0.39, 0.29) is 0 Å². The fraction of sp³-hybridized carbons (Fsp3) is 0.333. The molecule has 0 amide bonds. The van der Waals surface area contributed by atoms with E-state index in [2.05, 4.69) is 28.9 Å². The number of hydrogen-bond donors (Lipinski definition) is 0. The van der Waals surface area contributed by atoms with Crippen molar-refractivity contribution in [1.82, 2.24) is 0 Å². The van der Waals surface area contributed by atoms with Crippen molar-refractivity contribution < 1.29 is 4.74 Å². The molecule has 0 unspecified atom stereocenters. The predicted molar refractivity (Wildman–Crippen MR) is 48.8 cm³/mol. The van der Waals surface area contributed by atoms with E-state index in [4.69, 9.17) is 4.74 Å². The third-order valence-electron chi connectivity index (χ3n) is 1.20. The Morgan fingerprint density at radius 3 is 3.09 bits per heavy atom. The van der Waals surface area contributed by atoms with Gasteiger partial charge in [-0.05, 0) is 24.6 Å². The van der Waals surface area contributed by atoms with Crippen LogP contribution in [-0.4, -0.2) is 6.61 Å². The van der Waals surface area contributed by atoms with Gasteiger partial charge in [-0.3, -0.25) is 0 Å². The summed E-state index contributed by atoms with van der Waals surface area (Å²) < 4.78 is 6.38. The van der Waals surface area contributed by atoms with Gasteiger partial charge in [-0.25, -0.2) is 0 Å². The van der Waals surface area contributed by atoms with Crippen LogP contribution in [0.2, 0.25) is 0 Å². The van der Waals surface area contributed by atoms with Crippen molar-refractivity contribution in [3.05, 3.63) is 28.7 Å². The van der Waals surface area contributed by atoms with Gasteiger partial charge in [0.05, 0.1) is 6.61 Å². The summed E-state index contributed by atoms with van der Waals surface area (Å²) in [5, 5.41) is 0. The number of ether oxygens (including phenoxy) is 1. The van der Waals surface area contributed by atoms with E-state index in [0.717, 1.165) is 23.2 Å². The molecule has 2 heteroatoms. The first kappa shape index (κ1) is 8.60. The van der Waals surface area contributed by atoms with Crippen molar-refractivity contribution in [3.63, 3.8) is 0 Å². The quantitative estimate of drug-likeness (QED) is 0.751. The van der Waals surface area contributed by atoms with Crippen LogP contribution < -0.4 is 4.74 Å². The summed E-state index contributed by atoms with van der Waals surface area (Å²) in [6.07, 6.45) is 1.03. The molecule has 0 fully saturated rings. The first-order valence-electron chi connectivity index (χ1n) is 3.63. The van der Waals surface area contributed by atoms with Crippen molar-refractivity contribution in [2.24, 2.45) is 0 Å². The minimum absolute atomic E-state index is 0.757. The van der Waals surface area contributed by atoms with Gasteiger partial charge in [0, 0.05) is 10.5 Å². The van der Waals surface area contributed by atoms with E-state index in [1.807, 2.05) is 18.2 Å². The lowest BCUT2D eigenvalue weighted by atomic mass is 10.3. The largest absolute Gasteiger partial charge is 0.493 e. The van der Waals surface area contributed by atoms with Gasteiger partial charge < -0.3 is 4.74 Å². The van der Waals surface area contributed by atoms with E-state index in [0.29, 0.717) is 0 Å².